The summed E-state index contributed by atoms with van der Waals surface area (Å²) in [5.74, 6) is -0.252. The fraction of sp³-hybridized carbons (Fsp3) is 0.389. The predicted octanol–water partition coefficient (Wildman–Crippen LogP) is 3.74. The molecule has 1 aliphatic rings. The lowest BCUT2D eigenvalue weighted by Gasteiger charge is -2.13. The number of hydrogen-bond donors (Lipinski definition) is 2. The highest BCUT2D eigenvalue weighted by Crippen LogP contribution is 2.32. The minimum Gasteiger partial charge on any atom is -0.349 e. The van der Waals surface area contributed by atoms with Gasteiger partial charge >= 0.3 is 0 Å². The summed E-state index contributed by atoms with van der Waals surface area (Å²) in [6.07, 6.45) is 2.00. The number of halogens is 1. The van der Waals surface area contributed by atoms with Crippen LogP contribution in [0.2, 0.25) is 5.02 Å². The van der Waals surface area contributed by atoms with Crippen LogP contribution in [0.4, 0.5) is 5.13 Å². The summed E-state index contributed by atoms with van der Waals surface area (Å²) in [4.78, 5) is 28.3. The van der Waals surface area contributed by atoms with Crippen molar-refractivity contribution in [2.24, 2.45) is 5.92 Å². The molecule has 7 heteroatoms. The summed E-state index contributed by atoms with van der Waals surface area (Å²) in [5.41, 5.74) is 3.00. The molecule has 1 aliphatic carbocycles. The van der Waals surface area contributed by atoms with E-state index in [2.05, 4.69) is 15.6 Å². The van der Waals surface area contributed by atoms with Gasteiger partial charge in [0.15, 0.2) is 5.13 Å². The SMILES string of the molecule is CC(C)C(=O)Nc1nc(CC(=O)NC2CCc3cc(Cl)ccc32)cs1. The molecule has 1 atom stereocenters. The molecule has 3 rings (SSSR count). The van der Waals surface area contributed by atoms with Crippen molar-refractivity contribution >= 4 is 39.9 Å². The Bertz CT molecular complexity index is 803. The summed E-state index contributed by atoms with van der Waals surface area (Å²) in [6, 6.07) is 5.83. The van der Waals surface area contributed by atoms with Crippen LogP contribution in [0.25, 0.3) is 0 Å². The van der Waals surface area contributed by atoms with Gasteiger partial charge in [0, 0.05) is 16.3 Å². The van der Waals surface area contributed by atoms with Gasteiger partial charge in [-0.3, -0.25) is 9.59 Å². The van der Waals surface area contributed by atoms with Crippen LogP contribution < -0.4 is 10.6 Å². The number of fused-ring (bicyclic) bond motifs is 1. The second kappa shape index (κ2) is 7.54. The van der Waals surface area contributed by atoms with Gasteiger partial charge in [-0.2, -0.15) is 0 Å². The Kier molecular flexibility index (Phi) is 5.39. The van der Waals surface area contributed by atoms with Gasteiger partial charge in [-0.25, -0.2) is 4.98 Å². The van der Waals surface area contributed by atoms with E-state index < -0.39 is 0 Å². The predicted molar refractivity (Wildman–Crippen MR) is 99.9 cm³/mol. The highest BCUT2D eigenvalue weighted by Gasteiger charge is 2.24. The molecule has 5 nitrogen and oxygen atoms in total. The zero-order valence-corrected chi connectivity index (χ0v) is 15.7. The number of nitrogens with one attached hydrogen (secondary N) is 2. The molecule has 132 valence electrons. The summed E-state index contributed by atoms with van der Waals surface area (Å²) in [5, 5.41) is 8.88. The lowest BCUT2D eigenvalue weighted by Crippen LogP contribution is -2.28. The minimum atomic E-state index is -0.105. The maximum atomic E-state index is 12.3. The molecule has 0 spiro atoms. The number of benzene rings is 1. The van der Waals surface area contributed by atoms with Crippen LogP contribution in [0.15, 0.2) is 23.6 Å². The van der Waals surface area contributed by atoms with Gasteiger partial charge in [0.05, 0.1) is 18.2 Å². The van der Waals surface area contributed by atoms with E-state index in [-0.39, 0.29) is 30.2 Å². The first-order valence-corrected chi connectivity index (χ1v) is 9.51. The van der Waals surface area contributed by atoms with Gasteiger partial charge in [-0.15, -0.1) is 11.3 Å². The van der Waals surface area contributed by atoms with Gasteiger partial charge < -0.3 is 10.6 Å². The fourth-order valence-corrected chi connectivity index (χ4v) is 3.75. The molecule has 2 N–H and O–H groups in total. The smallest absolute Gasteiger partial charge is 0.228 e. The molecule has 0 bridgehead atoms. The highest BCUT2D eigenvalue weighted by atomic mass is 35.5. The van der Waals surface area contributed by atoms with Crippen molar-refractivity contribution in [3.8, 4) is 0 Å². The Morgan fingerprint density at radius 2 is 2.20 bits per heavy atom. The molecule has 2 aromatic rings. The van der Waals surface area contributed by atoms with Gasteiger partial charge in [0.25, 0.3) is 0 Å². The number of carbonyl (C=O) groups excluding carboxylic acids is 2. The number of rotatable bonds is 5. The van der Waals surface area contributed by atoms with E-state index in [1.54, 1.807) is 5.38 Å². The molecule has 0 radical (unpaired) electrons. The van der Waals surface area contributed by atoms with Crippen LogP contribution in [-0.2, 0) is 22.4 Å². The summed E-state index contributed by atoms with van der Waals surface area (Å²) in [6.45, 7) is 3.65. The van der Waals surface area contributed by atoms with E-state index in [1.807, 2.05) is 32.0 Å². The molecule has 25 heavy (non-hydrogen) atoms. The normalized spacial score (nSPS) is 15.9. The zero-order valence-electron chi connectivity index (χ0n) is 14.1. The van der Waals surface area contributed by atoms with E-state index in [4.69, 9.17) is 11.6 Å². The number of nitrogens with zero attached hydrogens (tertiary/aromatic N) is 1. The van der Waals surface area contributed by atoms with Crippen molar-refractivity contribution < 1.29 is 9.59 Å². The Morgan fingerprint density at radius 3 is 2.96 bits per heavy atom. The standard InChI is InChI=1S/C18H20ClN3O2S/c1-10(2)17(24)22-18-20-13(9-25-18)8-16(23)21-15-6-3-11-7-12(19)4-5-14(11)15/h4-5,7,9-10,15H,3,6,8H2,1-2H3,(H,21,23)(H,20,22,24). The van der Waals surface area contributed by atoms with Crippen LogP contribution in [-0.4, -0.2) is 16.8 Å². The van der Waals surface area contributed by atoms with E-state index in [0.717, 1.165) is 23.4 Å². The Labute approximate surface area is 155 Å². The number of hydrogen-bond acceptors (Lipinski definition) is 4. The second-order valence-corrected chi connectivity index (χ2v) is 7.76. The van der Waals surface area contributed by atoms with Gasteiger partial charge in [-0.1, -0.05) is 31.5 Å². The van der Waals surface area contributed by atoms with E-state index >= 15 is 0 Å². The minimum absolute atomic E-state index is 0.0264. The highest BCUT2D eigenvalue weighted by molar-refractivity contribution is 7.13. The number of amides is 2. The largest absolute Gasteiger partial charge is 0.349 e. The average Bonchev–Trinajstić information content (AvgIpc) is 3.14. The number of anilines is 1. The molecule has 2 amide bonds. The van der Waals surface area contributed by atoms with Crippen molar-refractivity contribution in [1.29, 1.82) is 0 Å². The van der Waals surface area contributed by atoms with Gasteiger partial charge in [0.1, 0.15) is 0 Å². The first-order chi connectivity index (χ1) is 11.9. The summed E-state index contributed by atoms with van der Waals surface area (Å²) < 4.78 is 0. The third kappa shape index (κ3) is 4.38. The quantitative estimate of drug-likeness (QED) is 0.833. The van der Waals surface area contributed by atoms with Crippen molar-refractivity contribution in [3.05, 3.63) is 45.4 Å². The third-order valence-electron chi connectivity index (χ3n) is 4.17. The van der Waals surface area contributed by atoms with Crippen LogP contribution in [0.3, 0.4) is 0 Å². The van der Waals surface area contributed by atoms with Crippen LogP contribution in [0, 0.1) is 5.92 Å². The molecule has 1 aromatic carbocycles. The zero-order chi connectivity index (χ0) is 18.0. The Hall–Kier alpha value is -1.92. The van der Waals surface area contributed by atoms with E-state index in [9.17, 15) is 9.59 Å². The van der Waals surface area contributed by atoms with Crippen molar-refractivity contribution in [2.45, 2.75) is 39.2 Å². The maximum absolute atomic E-state index is 12.3. The second-order valence-electron chi connectivity index (χ2n) is 6.47. The van der Waals surface area contributed by atoms with Crippen LogP contribution in [0.1, 0.15) is 43.1 Å². The van der Waals surface area contributed by atoms with Crippen LogP contribution >= 0.6 is 22.9 Å². The van der Waals surface area contributed by atoms with Crippen molar-refractivity contribution in [3.63, 3.8) is 0 Å². The molecule has 0 fully saturated rings. The number of aryl methyl sites for hydroxylation is 1. The molecule has 0 saturated heterocycles. The number of carbonyl (C=O) groups is 2. The van der Waals surface area contributed by atoms with E-state index in [0.29, 0.717) is 10.8 Å². The maximum Gasteiger partial charge on any atom is 0.228 e. The first kappa shape index (κ1) is 17.9. The monoisotopic (exact) mass is 377 g/mol. The Morgan fingerprint density at radius 1 is 1.40 bits per heavy atom. The van der Waals surface area contributed by atoms with Gasteiger partial charge in [0.2, 0.25) is 11.8 Å². The van der Waals surface area contributed by atoms with Crippen molar-refractivity contribution in [1.82, 2.24) is 10.3 Å². The third-order valence-corrected chi connectivity index (χ3v) is 5.21. The molecule has 1 aromatic heterocycles. The van der Waals surface area contributed by atoms with Crippen LogP contribution in [0.5, 0.6) is 0 Å². The number of aromatic nitrogens is 1. The molecular formula is C18H20ClN3O2S. The fourth-order valence-electron chi connectivity index (χ4n) is 2.84. The summed E-state index contributed by atoms with van der Waals surface area (Å²) in [7, 11) is 0. The molecule has 1 heterocycles. The first-order valence-electron chi connectivity index (χ1n) is 8.25. The molecule has 1 unspecified atom stereocenters. The molecule has 0 saturated carbocycles. The lowest BCUT2D eigenvalue weighted by atomic mass is 10.1. The van der Waals surface area contributed by atoms with Gasteiger partial charge in [-0.05, 0) is 36.1 Å². The van der Waals surface area contributed by atoms with E-state index in [1.165, 1.54) is 16.9 Å². The molecular weight excluding hydrogens is 358 g/mol. The lowest BCUT2D eigenvalue weighted by molar-refractivity contribution is -0.121. The van der Waals surface area contributed by atoms with Crippen molar-refractivity contribution in [2.75, 3.05) is 5.32 Å². The molecule has 0 aliphatic heterocycles. The number of thiazole rings is 1. The Balaban J connectivity index is 1.57. The topological polar surface area (TPSA) is 71.1 Å². The average molecular weight is 378 g/mol. The summed E-state index contributed by atoms with van der Waals surface area (Å²) >= 11 is 7.35.